The highest BCUT2D eigenvalue weighted by Crippen LogP contribution is 2.57. The highest BCUT2D eigenvalue weighted by atomic mass is 15.2. The first-order valence-corrected chi connectivity index (χ1v) is 8.35. The Morgan fingerprint density at radius 1 is 1.15 bits per heavy atom. The Kier molecular flexibility index (Phi) is 3.09. The molecule has 4 fully saturated rings. The summed E-state index contributed by atoms with van der Waals surface area (Å²) in [6.45, 7) is 1.94. The maximum Gasteiger partial charge on any atom is 0.167 e. The van der Waals surface area contributed by atoms with E-state index in [1.165, 1.54) is 32.1 Å². The molecule has 110 valence electrons. The molecule has 0 radical (unpaired) electrons. The van der Waals surface area contributed by atoms with Gasteiger partial charge in [0, 0.05) is 6.42 Å². The van der Waals surface area contributed by atoms with Crippen LogP contribution in [0.15, 0.2) is 0 Å². The Labute approximate surface area is 120 Å². The van der Waals surface area contributed by atoms with Crippen LogP contribution in [0.2, 0.25) is 0 Å². The van der Waals surface area contributed by atoms with Crippen LogP contribution < -0.4 is 5.73 Å². The zero-order valence-electron chi connectivity index (χ0n) is 12.4. The summed E-state index contributed by atoms with van der Waals surface area (Å²) in [6.07, 6.45) is 9.94. The molecule has 4 aliphatic rings. The fraction of sp³-hybridized carbons (Fsp3) is 0.875. The van der Waals surface area contributed by atoms with E-state index in [1.807, 2.05) is 6.92 Å². The van der Waals surface area contributed by atoms with Gasteiger partial charge in [-0.2, -0.15) is 5.10 Å². The molecule has 0 amide bonds. The van der Waals surface area contributed by atoms with Gasteiger partial charge < -0.3 is 5.73 Å². The lowest BCUT2D eigenvalue weighted by atomic mass is 9.51. The van der Waals surface area contributed by atoms with Crippen molar-refractivity contribution in [2.24, 2.45) is 35.3 Å². The number of nitrogens with two attached hydrogens (primary N) is 1. The molecule has 4 aliphatic carbocycles. The molecule has 20 heavy (non-hydrogen) atoms. The van der Waals surface area contributed by atoms with Crippen LogP contribution in [0.1, 0.15) is 63.1 Å². The number of rotatable bonds is 4. The Balaban J connectivity index is 1.39. The molecule has 1 unspecified atom stereocenters. The summed E-state index contributed by atoms with van der Waals surface area (Å²) in [5.74, 6) is 6.92. The molecule has 0 saturated heterocycles. The first kappa shape index (κ1) is 12.8. The van der Waals surface area contributed by atoms with Crippen molar-refractivity contribution in [1.29, 1.82) is 0 Å². The Morgan fingerprint density at radius 3 is 2.35 bits per heavy atom. The van der Waals surface area contributed by atoms with Crippen molar-refractivity contribution in [2.75, 3.05) is 0 Å². The lowest BCUT2D eigenvalue weighted by Gasteiger charge is -2.54. The molecule has 4 nitrogen and oxygen atoms in total. The number of hydrogen-bond donors (Lipinski definition) is 2. The third kappa shape index (κ3) is 2.18. The first-order valence-electron chi connectivity index (χ1n) is 8.35. The minimum absolute atomic E-state index is 0.0684. The minimum atomic E-state index is -0.0684. The lowest BCUT2D eigenvalue weighted by molar-refractivity contribution is -0.0395. The van der Waals surface area contributed by atoms with Crippen molar-refractivity contribution < 1.29 is 0 Å². The van der Waals surface area contributed by atoms with Crippen molar-refractivity contribution in [2.45, 2.75) is 57.9 Å². The number of nitrogens with one attached hydrogen (secondary N) is 1. The number of hydrogen-bond acceptors (Lipinski definition) is 3. The van der Waals surface area contributed by atoms with Crippen molar-refractivity contribution in [1.82, 2.24) is 15.2 Å². The summed E-state index contributed by atoms with van der Waals surface area (Å²) in [5.41, 5.74) is 5.82. The predicted molar refractivity (Wildman–Crippen MR) is 77.8 cm³/mol. The number of aromatic amines is 1. The van der Waals surface area contributed by atoms with Gasteiger partial charge in [-0.1, -0.05) is 0 Å². The van der Waals surface area contributed by atoms with E-state index >= 15 is 0 Å². The highest BCUT2D eigenvalue weighted by Gasteiger charge is 2.47. The fourth-order valence-corrected chi connectivity index (χ4v) is 5.44. The zero-order chi connectivity index (χ0) is 13.7. The van der Waals surface area contributed by atoms with Crippen molar-refractivity contribution in [3.05, 3.63) is 11.6 Å². The van der Waals surface area contributed by atoms with E-state index in [4.69, 9.17) is 5.73 Å². The summed E-state index contributed by atoms with van der Waals surface area (Å²) in [6, 6.07) is -0.0684. The van der Waals surface area contributed by atoms with Crippen LogP contribution in [0.3, 0.4) is 0 Å². The van der Waals surface area contributed by atoms with E-state index in [1.54, 1.807) is 6.42 Å². The summed E-state index contributed by atoms with van der Waals surface area (Å²) in [7, 11) is 0. The van der Waals surface area contributed by atoms with E-state index in [-0.39, 0.29) is 6.04 Å². The van der Waals surface area contributed by atoms with Crippen LogP contribution in [0.4, 0.5) is 0 Å². The van der Waals surface area contributed by atoms with Gasteiger partial charge in [0.05, 0.1) is 6.04 Å². The van der Waals surface area contributed by atoms with E-state index in [2.05, 4.69) is 15.2 Å². The maximum absolute atomic E-state index is 5.82. The summed E-state index contributed by atoms with van der Waals surface area (Å²) < 4.78 is 0. The molecule has 0 spiro atoms. The monoisotopic (exact) mass is 274 g/mol. The number of H-pyrrole nitrogens is 1. The van der Waals surface area contributed by atoms with Crippen LogP contribution in [0, 0.1) is 29.6 Å². The Bertz CT molecular complexity index is 451. The smallest absolute Gasteiger partial charge is 0.167 e. The van der Waals surface area contributed by atoms with E-state index < -0.39 is 0 Å². The molecule has 1 aromatic rings. The molecule has 0 aliphatic heterocycles. The van der Waals surface area contributed by atoms with Gasteiger partial charge in [0.25, 0.3) is 0 Å². The van der Waals surface area contributed by atoms with E-state index in [0.29, 0.717) is 0 Å². The van der Waals surface area contributed by atoms with Crippen LogP contribution in [0.5, 0.6) is 0 Å². The minimum Gasteiger partial charge on any atom is -0.321 e. The molecule has 0 aromatic carbocycles. The Hall–Kier alpha value is -0.900. The second-order valence-corrected chi connectivity index (χ2v) is 7.56. The summed E-state index contributed by atoms with van der Waals surface area (Å²) in [4.78, 5) is 4.52. The largest absolute Gasteiger partial charge is 0.321 e. The zero-order valence-corrected chi connectivity index (χ0v) is 12.4. The quantitative estimate of drug-likeness (QED) is 0.887. The number of nitrogens with zero attached hydrogens (tertiary/aromatic N) is 2. The number of aromatic nitrogens is 3. The van der Waals surface area contributed by atoms with Gasteiger partial charge in [-0.15, -0.1) is 0 Å². The van der Waals surface area contributed by atoms with Crippen LogP contribution in [0.25, 0.3) is 0 Å². The van der Waals surface area contributed by atoms with Gasteiger partial charge in [0.1, 0.15) is 5.82 Å². The van der Waals surface area contributed by atoms with Gasteiger partial charge >= 0.3 is 0 Å². The number of aryl methyl sites for hydroxylation is 1. The first-order chi connectivity index (χ1) is 9.69. The van der Waals surface area contributed by atoms with Gasteiger partial charge in [-0.3, -0.25) is 5.10 Å². The molecule has 1 atom stereocenters. The topological polar surface area (TPSA) is 67.6 Å². The maximum atomic E-state index is 5.82. The molecule has 4 heteroatoms. The average molecular weight is 274 g/mol. The third-order valence-corrected chi connectivity index (χ3v) is 6.09. The Morgan fingerprint density at radius 2 is 1.80 bits per heavy atom. The second-order valence-electron chi connectivity index (χ2n) is 7.56. The van der Waals surface area contributed by atoms with Gasteiger partial charge in [-0.05, 0) is 75.0 Å². The van der Waals surface area contributed by atoms with Gasteiger partial charge in [0.15, 0.2) is 5.82 Å². The van der Waals surface area contributed by atoms with Crippen molar-refractivity contribution in [3.8, 4) is 0 Å². The van der Waals surface area contributed by atoms with Crippen molar-refractivity contribution >= 4 is 0 Å². The fourth-order valence-electron chi connectivity index (χ4n) is 5.44. The lowest BCUT2D eigenvalue weighted by Crippen LogP contribution is -2.45. The van der Waals surface area contributed by atoms with Gasteiger partial charge in [-0.25, -0.2) is 4.98 Å². The van der Waals surface area contributed by atoms with Crippen LogP contribution in [-0.2, 0) is 6.42 Å². The SMILES string of the molecule is CC(N)c1n[nH]c(CCC2C3CC4CC(C3)CC2C4)n1. The third-order valence-electron chi connectivity index (χ3n) is 6.09. The molecule has 1 heterocycles. The molecule has 3 N–H and O–H groups in total. The molecule has 4 bridgehead atoms. The van der Waals surface area contributed by atoms with Crippen molar-refractivity contribution in [3.63, 3.8) is 0 Å². The second kappa shape index (κ2) is 4.83. The summed E-state index contributed by atoms with van der Waals surface area (Å²) >= 11 is 0. The average Bonchev–Trinajstić information content (AvgIpc) is 2.86. The van der Waals surface area contributed by atoms with Crippen LogP contribution >= 0.6 is 0 Å². The highest BCUT2D eigenvalue weighted by molar-refractivity contribution is 5.00. The molecular formula is C16H26N4. The molecule has 5 rings (SSSR count). The standard InChI is InChI=1S/C16H26N4/c1-9(17)16-18-15(19-20-16)3-2-14-12-5-10-4-11(7-12)8-13(14)6-10/h9-14H,2-8,17H2,1H3,(H,18,19,20). The van der Waals surface area contributed by atoms with Gasteiger partial charge in [0.2, 0.25) is 0 Å². The molecular weight excluding hydrogens is 248 g/mol. The van der Waals surface area contributed by atoms with E-state index in [9.17, 15) is 0 Å². The van der Waals surface area contributed by atoms with E-state index in [0.717, 1.165) is 47.7 Å². The molecule has 4 saturated carbocycles. The normalized spacial score (nSPS) is 40.2. The molecule has 1 aromatic heterocycles. The predicted octanol–water partition coefficient (Wildman–Crippen LogP) is 2.83. The summed E-state index contributed by atoms with van der Waals surface area (Å²) in [5, 5.41) is 7.28. The van der Waals surface area contributed by atoms with Crippen LogP contribution in [-0.4, -0.2) is 15.2 Å².